The summed E-state index contributed by atoms with van der Waals surface area (Å²) in [6, 6.07) is 24.2. The van der Waals surface area contributed by atoms with Crippen molar-refractivity contribution in [3.63, 3.8) is 0 Å². The number of hydrogen-bond acceptors (Lipinski definition) is 4. The van der Waals surface area contributed by atoms with E-state index in [9.17, 15) is 4.79 Å². The number of rotatable bonds is 13. The van der Waals surface area contributed by atoms with Crippen molar-refractivity contribution in [2.75, 3.05) is 25.1 Å². The summed E-state index contributed by atoms with van der Waals surface area (Å²) in [4.78, 5) is 12.7. The largest absolute Gasteiger partial charge is 0.494 e. The first-order valence-corrected chi connectivity index (χ1v) is 11.2. The Labute approximate surface area is 190 Å². The molecule has 0 radical (unpaired) electrons. The molecule has 0 atom stereocenters. The van der Waals surface area contributed by atoms with Gasteiger partial charge in [-0.2, -0.15) is 0 Å². The van der Waals surface area contributed by atoms with Crippen molar-refractivity contribution in [3.05, 3.63) is 84.4 Å². The van der Waals surface area contributed by atoms with Gasteiger partial charge in [0.05, 0.1) is 12.3 Å². The van der Waals surface area contributed by atoms with E-state index in [0.717, 1.165) is 17.9 Å². The molecular weight excluding hydrogens is 402 g/mol. The molecule has 3 rings (SSSR count). The Morgan fingerprint density at radius 2 is 1.34 bits per heavy atom. The molecule has 0 saturated heterocycles. The number of benzene rings is 3. The second-order valence-corrected chi connectivity index (χ2v) is 7.39. The lowest BCUT2D eigenvalue weighted by Crippen LogP contribution is -2.14. The summed E-state index contributed by atoms with van der Waals surface area (Å²) in [5, 5.41) is 2.93. The molecule has 0 saturated carbocycles. The minimum atomic E-state index is -0.198. The van der Waals surface area contributed by atoms with Gasteiger partial charge in [-0.3, -0.25) is 4.79 Å². The topological polar surface area (TPSA) is 56.8 Å². The number of amides is 1. The zero-order valence-corrected chi connectivity index (χ0v) is 18.6. The molecule has 0 unspecified atom stereocenters. The number of carbonyl (C=O) groups is 1. The summed E-state index contributed by atoms with van der Waals surface area (Å²) in [5.41, 5.74) is 1.18. The van der Waals surface area contributed by atoms with Crippen LogP contribution in [0.15, 0.2) is 78.9 Å². The lowest BCUT2D eigenvalue weighted by Gasteiger charge is -2.13. The van der Waals surface area contributed by atoms with Gasteiger partial charge in [-0.15, -0.1) is 0 Å². The Balaban J connectivity index is 1.48. The molecule has 1 amide bonds. The summed E-state index contributed by atoms with van der Waals surface area (Å²) in [6.45, 7) is 3.66. The van der Waals surface area contributed by atoms with E-state index in [2.05, 4.69) is 12.2 Å². The normalized spacial score (nSPS) is 10.4. The number of para-hydroxylation sites is 3. The zero-order chi connectivity index (χ0) is 22.4. The molecule has 0 aliphatic carbocycles. The van der Waals surface area contributed by atoms with Crippen LogP contribution in [0.2, 0.25) is 0 Å². The average Bonchev–Trinajstić information content (AvgIpc) is 2.83. The second kappa shape index (κ2) is 13.1. The van der Waals surface area contributed by atoms with Crippen molar-refractivity contribution in [2.45, 2.75) is 32.6 Å². The molecule has 0 bridgehead atoms. The first-order chi connectivity index (χ1) is 15.8. The van der Waals surface area contributed by atoms with Gasteiger partial charge in [0.2, 0.25) is 0 Å². The van der Waals surface area contributed by atoms with Gasteiger partial charge in [0, 0.05) is 5.56 Å². The van der Waals surface area contributed by atoms with Crippen LogP contribution in [0.25, 0.3) is 0 Å². The van der Waals surface area contributed by atoms with Crippen molar-refractivity contribution in [1.82, 2.24) is 0 Å². The van der Waals surface area contributed by atoms with E-state index in [0.29, 0.717) is 36.8 Å². The predicted molar refractivity (Wildman–Crippen MR) is 128 cm³/mol. The van der Waals surface area contributed by atoms with Crippen molar-refractivity contribution in [3.8, 4) is 17.2 Å². The maximum atomic E-state index is 12.7. The second-order valence-electron chi connectivity index (χ2n) is 7.39. The molecule has 168 valence electrons. The first-order valence-electron chi connectivity index (χ1n) is 11.2. The Bertz CT molecular complexity index is 941. The van der Waals surface area contributed by atoms with E-state index in [1.807, 2.05) is 66.7 Å². The Hall–Kier alpha value is -3.47. The third-order valence-corrected chi connectivity index (χ3v) is 4.87. The van der Waals surface area contributed by atoms with Gasteiger partial charge in [-0.25, -0.2) is 0 Å². The molecule has 0 fully saturated rings. The summed E-state index contributed by atoms with van der Waals surface area (Å²) in [5.74, 6) is 1.98. The van der Waals surface area contributed by atoms with Crippen LogP contribution in [0.3, 0.4) is 0 Å². The molecule has 0 aliphatic rings. The van der Waals surface area contributed by atoms with Crippen LogP contribution in [0.4, 0.5) is 5.69 Å². The van der Waals surface area contributed by atoms with Gasteiger partial charge in [-0.1, -0.05) is 56.5 Å². The number of ether oxygens (including phenoxy) is 3. The van der Waals surface area contributed by atoms with Crippen LogP contribution >= 0.6 is 0 Å². The van der Waals surface area contributed by atoms with Gasteiger partial charge in [0.25, 0.3) is 5.91 Å². The van der Waals surface area contributed by atoms with E-state index in [-0.39, 0.29) is 5.91 Å². The van der Waals surface area contributed by atoms with Gasteiger partial charge >= 0.3 is 0 Å². The summed E-state index contributed by atoms with van der Waals surface area (Å²) < 4.78 is 17.2. The van der Waals surface area contributed by atoms with Crippen molar-refractivity contribution >= 4 is 11.6 Å². The summed E-state index contributed by atoms with van der Waals surface area (Å²) >= 11 is 0. The monoisotopic (exact) mass is 433 g/mol. The molecule has 1 N–H and O–H groups in total. The lowest BCUT2D eigenvalue weighted by molar-refractivity contribution is 0.102. The fourth-order valence-corrected chi connectivity index (χ4v) is 3.14. The Morgan fingerprint density at radius 3 is 2.12 bits per heavy atom. The fourth-order valence-electron chi connectivity index (χ4n) is 3.14. The van der Waals surface area contributed by atoms with E-state index < -0.39 is 0 Å². The first kappa shape index (κ1) is 23.2. The molecular formula is C27H31NO4. The fraction of sp³-hybridized carbons (Fsp3) is 0.296. The molecule has 0 aliphatic heterocycles. The highest BCUT2D eigenvalue weighted by Gasteiger charge is 2.10. The molecule has 3 aromatic rings. The molecule has 0 heterocycles. The smallest absolute Gasteiger partial charge is 0.255 e. The Kier molecular flexibility index (Phi) is 9.46. The van der Waals surface area contributed by atoms with E-state index in [4.69, 9.17) is 14.2 Å². The number of nitrogens with one attached hydrogen (secondary N) is 1. The predicted octanol–water partition coefficient (Wildman–Crippen LogP) is 6.36. The molecule has 5 nitrogen and oxygen atoms in total. The minimum Gasteiger partial charge on any atom is -0.494 e. The van der Waals surface area contributed by atoms with Crippen molar-refractivity contribution in [2.24, 2.45) is 0 Å². The van der Waals surface area contributed by atoms with Crippen LogP contribution < -0.4 is 19.5 Å². The number of anilines is 1. The highest BCUT2D eigenvalue weighted by atomic mass is 16.5. The van der Waals surface area contributed by atoms with Crippen LogP contribution in [-0.4, -0.2) is 25.7 Å². The summed E-state index contributed by atoms with van der Waals surface area (Å²) in [6.07, 6.45) is 4.66. The van der Waals surface area contributed by atoms with Gasteiger partial charge in [0.15, 0.2) is 0 Å². The zero-order valence-electron chi connectivity index (χ0n) is 18.6. The van der Waals surface area contributed by atoms with E-state index >= 15 is 0 Å². The lowest BCUT2D eigenvalue weighted by atomic mass is 10.2. The van der Waals surface area contributed by atoms with Crippen LogP contribution in [0, 0.1) is 0 Å². The molecule has 0 spiro atoms. The van der Waals surface area contributed by atoms with Crippen molar-refractivity contribution in [1.29, 1.82) is 0 Å². The van der Waals surface area contributed by atoms with Gasteiger partial charge < -0.3 is 19.5 Å². The number of hydrogen-bond donors (Lipinski definition) is 1. The van der Waals surface area contributed by atoms with E-state index in [1.165, 1.54) is 19.3 Å². The number of unbranched alkanes of at least 4 members (excludes halogenated alkanes) is 3. The SMILES string of the molecule is CCCCCCOc1ccc(C(=O)Nc2ccccc2OCCOc2ccccc2)cc1. The minimum absolute atomic E-state index is 0.198. The highest BCUT2D eigenvalue weighted by molar-refractivity contribution is 6.05. The number of carbonyl (C=O) groups excluding carboxylic acids is 1. The highest BCUT2D eigenvalue weighted by Crippen LogP contribution is 2.25. The van der Waals surface area contributed by atoms with E-state index in [1.54, 1.807) is 12.1 Å². The Morgan fingerprint density at radius 1 is 0.688 bits per heavy atom. The molecule has 32 heavy (non-hydrogen) atoms. The average molecular weight is 434 g/mol. The standard InChI is InChI=1S/C27H31NO4/c1-2-3-4-10-19-30-24-17-15-22(16-18-24)27(29)28-25-13-8-9-14-26(25)32-21-20-31-23-11-6-5-7-12-23/h5-9,11-18H,2-4,10,19-21H2,1H3,(H,28,29). The quantitative estimate of drug-likeness (QED) is 0.319. The molecule has 5 heteroatoms. The van der Waals surface area contributed by atoms with Gasteiger partial charge in [0.1, 0.15) is 30.5 Å². The summed E-state index contributed by atoms with van der Waals surface area (Å²) in [7, 11) is 0. The van der Waals surface area contributed by atoms with Crippen molar-refractivity contribution < 1.29 is 19.0 Å². The van der Waals surface area contributed by atoms with Crippen LogP contribution in [-0.2, 0) is 0 Å². The van der Waals surface area contributed by atoms with Gasteiger partial charge in [-0.05, 0) is 55.0 Å². The molecule has 3 aromatic carbocycles. The van der Waals surface area contributed by atoms with Crippen LogP contribution in [0.5, 0.6) is 17.2 Å². The third-order valence-electron chi connectivity index (χ3n) is 4.87. The molecule has 0 aromatic heterocycles. The van der Waals surface area contributed by atoms with Crippen LogP contribution in [0.1, 0.15) is 43.0 Å². The third kappa shape index (κ3) is 7.65. The maximum absolute atomic E-state index is 12.7. The maximum Gasteiger partial charge on any atom is 0.255 e.